The van der Waals surface area contributed by atoms with Crippen molar-refractivity contribution in [2.45, 2.75) is 60.8 Å². The van der Waals surface area contributed by atoms with Crippen LogP contribution in [-0.2, 0) is 4.79 Å². The molecule has 1 atom stereocenters. The van der Waals surface area contributed by atoms with E-state index in [9.17, 15) is 4.79 Å². The third kappa shape index (κ3) is 2.55. The molecule has 0 radical (unpaired) electrons. The summed E-state index contributed by atoms with van der Waals surface area (Å²) in [6.07, 6.45) is 2.75. The molecule has 0 aliphatic rings. The summed E-state index contributed by atoms with van der Waals surface area (Å²) in [7, 11) is 0. The van der Waals surface area contributed by atoms with E-state index in [1.807, 2.05) is 6.92 Å². The van der Waals surface area contributed by atoms with Gasteiger partial charge in [0.2, 0.25) is 0 Å². The lowest BCUT2D eigenvalue weighted by Crippen LogP contribution is -2.40. The summed E-state index contributed by atoms with van der Waals surface area (Å²) in [5.74, 6) is 0.404. The molecular formula is C12H24O. The Bertz CT molecular complexity index is 176. The van der Waals surface area contributed by atoms with Crippen molar-refractivity contribution in [1.82, 2.24) is 0 Å². The predicted molar refractivity (Wildman–Crippen MR) is 57.8 cm³/mol. The van der Waals surface area contributed by atoms with Gasteiger partial charge < -0.3 is 0 Å². The first-order valence-electron chi connectivity index (χ1n) is 5.33. The van der Waals surface area contributed by atoms with Crippen LogP contribution in [0.4, 0.5) is 0 Å². The molecule has 0 heterocycles. The minimum Gasteiger partial charge on any atom is -0.299 e. The Labute approximate surface area is 82.9 Å². The minimum absolute atomic E-state index is 0.0795. The Morgan fingerprint density at radius 3 is 1.77 bits per heavy atom. The van der Waals surface area contributed by atoms with Crippen LogP contribution in [-0.4, -0.2) is 5.78 Å². The van der Waals surface area contributed by atoms with Crippen molar-refractivity contribution >= 4 is 5.78 Å². The predicted octanol–water partition coefficient (Wildman–Crippen LogP) is 3.82. The van der Waals surface area contributed by atoms with Crippen molar-refractivity contribution in [3.05, 3.63) is 0 Å². The minimum atomic E-state index is -0.142. The van der Waals surface area contributed by atoms with Crippen molar-refractivity contribution < 1.29 is 4.79 Å². The number of Topliss-reactive ketones (excluding diaryl/α,β-unsaturated/α-hetero) is 1. The van der Waals surface area contributed by atoms with E-state index in [-0.39, 0.29) is 10.8 Å². The summed E-state index contributed by atoms with van der Waals surface area (Å²) < 4.78 is 0. The van der Waals surface area contributed by atoms with Crippen molar-refractivity contribution in [2.24, 2.45) is 10.8 Å². The number of hydrogen-bond acceptors (Lipinski definition) is 1. The van der Waals surface area contributed by atoms with Crippen LogP contribution in [0.5, 0.6) is 0 Å². The number of hydrogen-bond donors (Lipinski definition) is 0. The van der Waals surface area contributed by atoms with Gasteiger partial charge in [-0.25, -0.2) is 0 Å². The van der Waals surface area contributed by atoms with Gasteiger partial charge in [0.25, 0.3) is 0 Å². The van der Waals surface area contributed by atoms with Gasteiger partial charge in [0.1, 0.15) is 5.78 Å². The molecule has 0 fully saturated rings. The zero-order valence-corrected chi connectivity index (χ0v) is 10.0. The topological polar surface area (TPSA) is 17.1 Å². The van der Waals surface area contributed by atoms with Crippen LogP contribution >= 0.6 is 0 Å². The summed E-state index contributed by atoms with van der Waals surface area (Å²) in [6.45, 7) is 12.7. The lowest BCUT2D eigenvalue weighted by molar-refractivity contribution is -0.134. The van der Waals surface area contributed by atoms with Crippen LogP contribution < -0.4 is 0 Å². The van der Waals surface area contributed by atoms with Gasteiger partial charge in [0, 0.05) is 11.8 Å². The first-order chi connectivity index (χ1) is 5.79. The molecule has 0 rings (SSSR count). The maximum atomic E-state index is 11.9. The lowest BCUT2D eigenvalue weighted by atomic mass is 9.62. The van der Waals surface area contributed by atoms with Crippen molar-refractivity contribution in [3.8, 4) is 0 Å². The average Bonchev–Trinajstić information content (AvgIpc) is 2.01. The highest BCUT2D eigenvalue weighted by Crippen LogP contribution is 2.43. The number of carbonyl (C=O) groups is 1. The maximum absolute atomic E-state index is 11.9. The third-order valence-electron chi connectivity index (χ3n) is 3.34. The highest BCUT2D eigenvalue weighted by Gasteiger charge is 2.41. The summed E-state index contributed by atoms with van der Waals surface area (Å²) in [5.41, 5.74) is -0.0629. The Morgan fingerprint density at radius 2 is 1.54 bits per heavy atom. The Hall–Kier alpha value is -0.330. The van der Waals surface area contributed by atoms with Gasteiger partial charge >= 0.3 is 0 Å². The first kappa shape index (κ1) is 12.7. The zero-order chi connectivity index (χ0) is 10.7. The van der Waals surface area contributed by atoms with Gasteiger partial charge in [-0.15, -0.1) is 0 Å². The van der Waals surface area contributed by atoms with Crippen LogP contribution in [0, 0.1) is 10.8 Å². The van der Waals surface area contributed by atoms with Crippen molar-refractivity contribution in [3.63, 3.8) is 0 Å². The van der Waals surface area contributed by atoms with E-state index in [2.05, 4.69) is 34.6 Å². The molecule has 78 valence electrons. The van der Waals surface area contributed by atoms with E-state index in [4.69, 9.17) is 0 Å². The highest BCUT2D eigenvalue weighted by atomic mass is 16.1. The van der Waals surface area contributed by atoms with Gasteiger partial charge in [0.05, 0.1) is 0 Å². The standard InChI is InChI=1S/C12H24O/c1-7-9-12(6,10(13)8-2)11(3,4)5/h7-9H2,1-6H3. The molecule has 0 amide bonds. The Morgan fingerprint density at radius 1 is 1.08 bits per heavy atom. The molecular weight excluding hydrogens is 160 g/mol. The fourth-order valence-electron chi connectivity index (χ4n) is 1.82. The van der Waals surface area contributed by atoms with E-state index in [1.165, 1.54) is 0 Å². The van der Waals surface area contributed by atoms with Gasteiger partial charge in [-0.05, 0) is 11.8 Å². The molecule has 0 aliphatic carbocycles. The van der Waals surface area contributed by atoms with E-state index in [0.717, 1.165) is 12.8 Å². The number of ketones is 1. The van der Waals surface area contributed by atoms with Gasteiger partial charge in [-0.2, -0.15) is 0 Å². The monoisotopic (exact) mass is 184 g/mol. The van der Waals surface area contributed by atoms with Crippen LogP contribution in [0.2, 0.25) is 0 Å². The highest BCUT2D eigenvalue weighted by molar-refractivity contribution is 5.84. The quantitative estimate of drug-likeness (QED) is 0.649. The summed E-state index contributed by atoms with van der Waals surface area (Å²) in [4.78, 5) is 11.9. The number of rotatable bonds is 4. The van der Waals surface area contributed by atoms with E-state index in [1.54, 1.807) is 0 Å². The Balaban J connectivity index is 4.83. The van der Waals surface area contributed by atoms with E-state index in [0.29, 0.717) is 12.2 Å². The second-order valence-corrected chi connectivity index (χ2v) is 5.11. The lowest BCUT2D eigenvalue weighted by Gasteiger charge is -2.40. The molecule has 1 heteroatoms. The summed E-state index contributed by atoms with van der Waals surface area (Å²) in [5, 5.41) is 0. The van der Waals surface area contributed by atoms with Crippen molar-refractivity contribution in [1.29, 1.82) is 0 Å². The summed E-state index contributed by atoms with van der Waals surface area (Å²) in [6, 6.07) is 0. The fourth-order valence-corrected chi connectivity index (χ4v) is 1.82. The van der Waals surface area contributed by atoms with Crippen molar-refractivity contribution in [2.75, 3.05) is 0 Å². The third-order valence-corrected chi connectivity index (χ3v) is 3.34. The molecule has 0 N–H and O–H groups in total. The molecule has 0 bridgehead atoms. The van der Waals surface area contributed by atoms with Crippen LogP contribution in [0.1, 0.15) is 60.8 Å². The molecule has 0 saturated heterocycles. The molecule has 13 heavy (non-hydrogen) atoms. The second-order valence-electron chi connectivity index (χ2n) is 5.11. The van der Waals surface area contributed by atoms with Gasteiger partial charge in [-0.3, -0.25) is 4.79 Å². The SMILES string of the molecule is CCCC(C)(C(=O)CC)C(C)(C)C. The molecule has 0 aliphatic heterocycles. The average molecular weight is 184 g/mol. The largest absolute Gasteiger partial charge is 0.299 e. The van der Waals surface area contributed by atoms with Crippen LogP contribution in [0.25, 0.3) is 0 Å². The summed E-state index contributed by atoms with van der Waals surface area (Å²) >= 11 is 0. The smallest absolute Gasteiger partial charge is 0.139 e. The fraction of sp³-hybridized carbons (Fsp3) is 0.917. The normalized spacial score (nSPS) is 16.8. The zero-order valence-electron chi connectivity index (χ0n) is 10.0. The van der Waals surface area contributed by atoms with E-state index < -0.39 is 0 Å². The first-order valence-corrected chi connectivity index (χ1v) is 5.33. The maximum Gasteiger partial charge on any atom is 0.139 e. The Kier molecular flexibility index (Phi) is 4.15. The van der Waals surface area contributed by atoms with Crippen LogP contribution in [0.15, 0.2) is 0 Å². The molecule has 0 aromatic heterocycles. The molecule has 1 unspecified atom stereocenters. The molecule has 1 nitrogen and oxygen atoms in total. The molecule has 0 spiro atoms. The van der Waals surface area contributed by atoms with Gasteiger partial charge in [-0.1, -0.05) is 48.0 Å². The van der Waals surface area contributed by atoms with Gasteiger partial charge in [0.15, 0.2) is 0 Å². The molecule has 0 saturated carbocycles. The van der Waals surface area contributed by atoms with Crippen LogP contribution in [0.3, 0.4) is 0 Å². The molecule has 0 aromatic carbocycles. The number of carbonyl (C=O) groups excluding carboxylic acids is 1. The second kappa shape index (κ2) is 4.26. The van der Waals surface area contributed by atoms with E-state index >= 15 is 0 Å². The molecule has 0 aromatic rings.